The molecule has 0 bridgehead atoms. The van der Waals surface area contributed by atoms with Gasteiger partial charge in [-0.05, 0) is 57.4 Å². The molecule has 1 rings (SSSR count). The van der Waals surface area contributed by atoms with Gasteiger partial charge in [0, 0.05) is 12.5 Å². The molecule has 0 aliphatic carbocycles. The summed E-state index contributed by atoms with van der Waals surface area (Å²) in [5.74, 6) is 0.632. The van der Waals surface area contributed by atoms with Crippen LogP contribution in [0.3, 0.4) is 0 Å². The fourth-order valence-corrected chi connectivity index (χ4v) is 6.50. The minimum absolute atomic E-state index is 0.215. The third kappa shape index (κ3) is 24.0. The van der Waals surface area contributed by atoms with Crippen molar-refractivity contribution in [3.05, 3.63) is 12.7 Å². The Morgan fingerprint density at radius 3 is 1.74 bits per heavy atom. The van der Waals surface area contributed by atoms with E-state index in [1.165, 1.54) is 180 Å². The maximum Gasteiger partial charge on any atom is 0.192 e. The second-order valence-electron chi connectivity index (χ2n) is 13.7. The van der Waals surface area contributed by atoms with E-state index in [0.717, 1.165) is 31.6 Å². The molecule has 2 unspecified atom stereocenters. The molecule has 0 spiro atoms. The summed E-state index contributed by atoms with van der Waals surface area (Å²) in [5.41, 5.74) is 0. The normalized spacial score (nSPS) is 17.2. The van der Waals surface area contributed by atoms with Gasteiger partial charge in [0.15, 0.2) is 5.79 Å². The summed E-state index contributed by atoms with van der Waals surface area (Å²) in [5, 5.41) is 3.94. The molecule has 0 aromatic rings. The molecular formula is C39H77NO2. The first kappa shape index (κ1) is 39.6. The molecule has 0 radical (unpaired) electrons. The van der Waals surface area contributed by atoms with Gasteiger partial charge in [0.25, 0.3) is 0 Å². The van der Waals surface area contributed by atoms with Crippen molar-refractivity contribution >= 4 is 0 Å². The molecule has 1 aliphatic heterocycles. The van der Waals surface area contributed by atoms with Crippen molar-refractivity contribution < 1.29 is 9.47 Å². The Hall–Kier alpha value is -0.380. The summed E-state index contributed by atoms with van der Waals surface area (Å²) < 4.78 is 12.2. The highest BCUT2D eigenvalue weighted by atomic mass is 16.8. The number of allylic oxidation sites excluding steroid dienone is 1. The van der Waals surface area contributed by atoms with Crippen LogP contribution in [0.1, 0.15) is 201 Å². The van der Waals surface area contributed by atoms with Crippen LogP contribution in [0.25, 0.3) is 0 Å². The molecule has 0 amide bonds. The van der Waals surface area contributed by atoms with Crippen molar-refractivity contribution in [1.82, 2.24) is 5.32 Å². The molecule has 0 aromatic carbocycles. The highest BCUT2D eigenvalue weighted by Gasteiger charge is 2.45. The van der Waals surface area contributed by atoms with Crippen molar-refractivity contribution in [2.75, 3.05) is 19.8 Å². The first-order chi connectivity index (χ1) is 20.7. The van der Waals surface area contributed by atoms with Gasteiger partial charge in [-0.3, -0.25) is 0 Å². The Balaban J connectivity index is 2.12. The predicted octanol–water partition coefficient (Wildman–Crippen LogP) is 12.5. The maximum absolute atomic E-state index is 6.33. The number of unbranched alkanes of at least 4 members (excludes halogenated alkanes) is 17. The molecule has 1 aliphatic rings. The Kier molecular flexibility index (Phi) is 27.7. The third-order valence-corrected chi connectivity index (χ3v) is 9.57. The molecule has 250 valence electrons. The Bertz CT molecular complexity index is 551. The van der Waals surface area contributed by atoms with Crippen molar-refractivity contribution in [3.63, 3.8) is 0 Å². The summed E-state index contributed by atoms with van der Waals surface area (Å²) in [6.07, 6.45) is 39.7. The standard InChI is InChI=1S/C39H77NO2/c1-5-9-13-15-16-17-19-25-31-38(30-24-14-10-6-2)40-34-27-21-18-20-26-33-39(36-42-39)41-35-32-37(28-22-11-7-3)29-23-12-8-4/h6,37-38,40H,2,5,7-36H2,1,3-4H3. The van der Waals surface area contributed by atoms with Gasteiger partial charge in [0.05, 0.1) is 6.61 Å². The molecule has 1 fully saturated rings. The third-order valence-electron chi connectivity index (χ3n) is 9.57. The summed E-state index contributed by atoms with van der Waals surface area (Å²) in [7, 11) is 0. The Morgan fingerprint density at radius 2 is 1.14 bits per heavy atom. The van der Waals surface area contributed by atoms with Crippen LogP contribution in [0.15, 0.2) is 12.7 Å². The van der Waals surface area contributed by atoms with Crippen LogP contribution in [-0.2, 0) is 9.47 Å². The molecule has 1 heterocycles. The van der Waals surface area contributed by atoms with E-state index in [4.69, 9.17) is 9.47 Å². The fraction of sp³-hybridized carbons (Fsp3) is 0.949. The van der Waals surface area contributed by atoms with Crippen molar-refractivity contribution in [2.45, 2.75) is 212 Å². The van der Waals surface area contributed by atoms with E-state index in [1.807, 2.05) is 0 Å². The fourth-order valence-electron chi connectivity index (χ4n) is 6.50. The molecule has 0 aromatic heterocycles. The summed E-state index contributed by atoms with van der Waals surface area (Å²) in [4.78, 5) is 0. The van der Waals surface area contributed by atoms with Crippen molar-refractivity contribution in [1.29, 1.82) is 0 Å². The maximum atomic E-state index is 6.33. The average Bonchev–Trinajstić information content (AvgIpc) is 3.77. The van der Waals surface area contributed by atoms with E-state index in [0.29, 0.717) is 0 Å². The van der Waals surface area contributed by atoms with Crippen molar-refractivity contribution in [2.24, 2.45) is 5.92 Å². The smallest absolute Gasteiger partial charge is 0.192 e. The molecular weight excluding hydrogens is 514 g/mol. The number of ether oxygens (including phenoxy) is 2. The van der Waals surface area contributed by atoms with E-state index in [-0.39, 0.29) is 5.79 Å². The van der Waals surface area contributed by atoms with Gasteiger partial charge in [-0.25, -0.2) is 0 Å². The minimum atomic E-state index is -0.215. The molecule has 3 nitrogen and oxygen atoms in total. The first-order valence-corrected chi connectivity index (χ1v) is 19.3. The Labute approximate surface area is 265 Å². The summed E-state index contributed by atoms with van der Waals surface area (Å²) >= 11 is 0. The first-order valence-electron chi connectivity index (χ1n) is 19.3. The predicted molar refractivity (Wildman–Crippen MR) is 186 cm³/mol. The van der Waals surface area contributed by atoms with Gasteiger partial charge in [-0.1, -0.05) is 155 Å². The molecule has 3 heteroatoms. The SMILES string of the molecule is C=CCCCCC(CCCCCCCCCC)NCCCCCCCC1(OCCC(CCCCC)CCCCC)CO1. The van der Waals surface area contributed by atoms with Crippen LogP contribution in [0.2, 0.25) is 0 Å². The largest absolute Gasteiger partial charge is 0.348 e. The number of nitrogens with one attached hydrogen (secondary N) is 1. The van der Waals surface area contributed by atoms with Gasteiger partial charge in [0.1, 0.15) is 6.61 Å². The average molecular weight is 592 g/mol. The molecule has 1 saturated heterocycles. The highest BCUT2D eigenvalue weighted by molar-refractivity contribution is 4.82. The van der Waals surface area contributed by atoms with Gasteiger partial charge in [-0.15, -0.1) is 6.58 Å². The monoisotopic (exact) mass is 592 g/mol. The van der Waals surface area contributed by atoms with Crippen LogP contribution in [0.5, 0.6) is 0 Å². The van der Waals surface area contributed by atoms with Gasteiger partial charge in [-0.2, -0.15) is 0 Å². The van der Waals surface area contributed by atoms with Crippen LogP contribution in [0.4, 0.5) is 0 Å². The molecule has 42 heavy (non-hydrogen) atoms. The summed E-state index contributed by atoms with van der Waals surface area (Å²) in [6, 6.07) is 0.719. The Morgan fingerprint density at radius 1 is 0.643 bits per heavy atom. The lowest BCUT2D eigenvalue weighted by atomic mass is 9.92. The lowest BCUT2D eigenvalue weighted by Gasteiger charge is -2.19. The quantitative estimate of drug-likeness (QED) is 0.0452. The van der Waals surface area contributed by atoms with Gasteiger partial charge in [0.2, 0.25) is 0 Å². The zero-order valence-corrected chi connectivity index (χ0v) is 29.2. The molecule has 1 N–H and O–H groups in total. The topological polar surface area (TPSA) is 33.8 Å². The van der Waals surface area contributed by atoms with E-state index < -0.39 is 0 Å². The summed E-state index contributed by atoms with van der Waals surface area (Å²) in [6.45, 7) is 13.7. The highest BCUT2D eigenvalue weighted by Crippen LogP contribution is 2.35. The van der Waals surface area contributed by atoms with E-state index in [9.17, 15) is 0 Å². The molecule has 0 saturated carbocycles. The number of epoxide rings is 1. The second-order valence-corrected chi connectivity index (χ2v) is 13.7. The number of hydrogen-bond donors (Lipinski definition) is 1. The van der Waals surface area contributed by atoms with E-state index in [1.54, 1.807) is 0 Å². The van der Waals surface area contributed by atoms with Crippen molar-refractivity contribution in [3.8, 4) is 0 Å². The lowest BCUT2D eigenvalue weighted by Crippen LogP contribution is -2.30. The van der Waals surface area contributed by atoms with E-state index in [2.05, 4.69) is 38.7 Å². The lowest BCUT2D eigenvalue weighted by molar-refractivity contribution is -0.0550. The van der Waals surface area contributed by atoms with Crippen LogP contribution in [0, 0.1) is 5.92 Å². The van der Waals surface area contributed by atoms with Crippen LogP contribution in [-0.4, -0.2) is 31.6 Å². The van der Waals surface area contributed by atoms with Crippen LogP contribution < -0.4 is 5.32 Å². The zero-order chi connectivity index (χ0) is 30.4. The van der Waals surface area contributed by atoms with Crippen LogP contribution >= 0.6 is 0 Å². The second kappa shape index (κ2) is 29.3. The zero-order valence-electron chi connectivity index (χ0n) is 29.2. The van der Waals surface area contributed by atoms with Gasteiger partial charge >= 0.3 is 0 Å². The van der Waals surface area contributed by atoms with E-state index >= 15 is 0 Å². The molecule has 2 atom stereocenters. The number of rotatable bonds is 35. The van der Waals surface area contributed by atoms with Gasteiger partial charge < -0.3 is 14.8 Å². The minimum Gasteiger partial charge on any atom is -0.348 e. The number of hydrogen-bond acceptors (Lipinski definition) is 3.